The van der Waals surface area contributed by atoms with Crippen LogP contribution < -0.4 is 4.90 Å². The van der Waals surface area contributed by atoms with E-state index in [2.05, 4.69) is 68.4 Å². The molecule has 0 unspecified atom stereocenters. The van der Waals surface area contributed by atoms with Crippen LogP contribution in [0.3, 0.4) is 0 Å². The number of anilines is 1. The molecule has 0 saturated carbocycles. The van der Waals surface area contributed by atoms with Crippen molar-refractivity contribution in [1.29, 1.82) is 0 Å². The maximum atomic E-state index is 13.6. The molecule has 3 aromatic rings. The largest absolute Gasteiger partial charge is 0.314 e. The predicted octanol–water partition coefficient (Wildman–Crippen LogP) is 4.61. The molecule has 0 atom stereocenters. The Kier molecular flexibility index (Phi) is 3.50. The van der Waals surface area contributed by atoms with Crippen LogP contribution in [-0.2, 0) is 10.2 Å². The van der Waals surface area contributed by atoms with Crippen molar-refractivity contribution in [2.75, 3.05) is 11.9 Å². The molecule has 25 heavy (non-hydrogen) atoms. The minimum atomic E-state index is -0.785. The van der Waals surface area contributed by atoms with E-state index < -0.39 is 5.41 Å². The van der Waals surface area contributed by atoms with Gasteiger partial charge in [-0.3, -0.25) is 4.79 Å². The fourth-order valence-corrected chi connectivity index (χ4v) is 3.89. The van der Waals surface area contributed by atoms with Crippen molar-refractivity contribution in [1.82, 2.24) is 0 Å². The van der Waals surface area contributed by atoms with Gasteiger partial charge >= 0.3 is 0 Å². The zero-order chi connectivity index (χ0) is 17.6. The first kappa shape index (κ1) is 15.6. The van der Waals surface area contributed by atoms with Crippen LogP contribution in [0.1, 0.15) is 27.8 Å². The maximum absolute atomic E-state index is 13.6. The molecule has 3 aromatic carbocycles. The summed E-state index contributed by atoms with van der Waals surface area (Å²) in [6.07, 6.45) is 0. The molecule has 124 valence electrons. The Morgan fingerprint density at radius 3 is 1.72 bits per heavy atom. The lowest BCUT2D eigenvalue weighted by Gasteiger charge is -2.30. The molecule has 2 nitrogen and oxygen atoms in total. The molecular formula is C23H21NO. The van der Waals surface area contributed by atoms with E-state index in [1.54, 1.807) is 4.90 Å². The lowest BCUT2D eigenvalue weighted by atomic mass is 9.70. The number of hydrogen-bond donors (Lipinski definition) is 0. The fraction of sp³-hybridized carbons (Fsp3) is 0.174. The molecule has 1 aliphatic rings. The highest BCUT2D eigenvalue weighted by molar-refractivity contribution is 6.12. The van der Waals surface area contributed by atoms with Gasteiger partial charge in [-0.05, 0) is 31.0 Å². The molecule has 2 heteroatoms. The highest BCUT2D eigenvalue weighted by atomic mass is 16.2. The van der Waals surface area contributed by atoms with Crippen molar-refractivity contribution in [2.45, 2.75) is 19.3 Å². The third-order valence-corrected chi connectivity index (χ3v) is 5.26. The summed E-state index contributed by atoms with van der Waals surface area (Å²) in [5.41, 5.74) is 5.66. The summed E-state index contributed by atoms with van der Waals surface area (Å²) in [6.45, 7) is 4.14. The number of likely N-dealkylation sites (N-methyl/N-ethyl adjacent to an activating group) is 1. The molecular weight excluding hydrogens is 306 g/mol. The van der Waals surface area contributed by atoms with Crippen LogP contribution in [-0.4, -0.2) is 13.0 Å². The van der Waals surface area contributed by atoms with Crippen LogP contribution in [0.2, 0.25) is 0 Å². The van der Waals surface area contributed by atoms with Gasteiger partial charge in [0.2, 0.25) is 5.91 Å². The second-order valence-electron chi connectivity index (χ2n) is 6.86. The number of aryl methyl sites for hydroxylation is 2. The van der Waals surface area contributed by atoms with Crippen LogP contribution in [0.15, 0.2) is 72.8 Å². The summed E-state index contributed by atoms with van der Waals surface area (Å²) >= 11 is 0. The minimum Gasteiger partial charge on any atom is -0.314 e. The summed E-state index contributed by atoms with van der Waals surface area (Å²) in [6, 6.07) is 24.8. The molecule has 1 amide bonds. The Labute approximate surface area is 148 Å². The Balaban J connectivity index is 2.08. The zero-order valence-corrected chi connectivity index (χ0v) is 14.8. The fourth-order valence-electron chi connectivity index (χ4n) is 3.89. The van der Waals surface area contributed by atoms with Gasteiger partial charge in [-0.2, -0.15) is 0 Å². The number of fused-ring (bicyclic) bond motifs is 1. The van der Waals surface area contributed by atoms with Gasteiger partial charge in [-0.1, -0.05) is 77.9 Å². The van der Waals surface area contributed by atoms with Gasteiger partial charge in [0.1, 0.15) is 5.41 Å². The molecule has 1 aliphatic heterocycles. The van der Waals surface area contributed by atoms with Crippen LogP contribution >= 0.6 is 0 Å². The first-order valence-corrected chi connectivity index (χ1v) is 8.57. The van der Waals surface area contributed by atoms with E-state index in [0.29, 0.717) is 0 Å². The second-order valence-corrected chi connectivity index (χ2v) is 6.86. The quantitative estimate of drug-likeness (QED) is 0.673. The molecule has 0 aliphatic carbocycles. The third-order valence-electron chi connectivity index (χ3n) is 5.26. The first-order valence-electron chi connectivity index (χ1n) is 8.57. The highest BCUT2D eigenvalue weighted by Crippen LogP contribution is 2.49. The summed E-state index contributed by atoms with van der Waals surface area (Å²) < 4.78 is 0. The van der Waals surface area contributed by atoms with Crippen molar-refractivity contribution in [2.24, 2.45) is 0 Å². The summed E-state index contributed by atoms with van der Waals surface area (Å²) in [5, 5.41) is 0. The number of rotatable bonds is 2. The number of carbonyl (C=O) groups is 1. The maximum Gasteiger partial charge on any atom is 0.246 e. The number of nitrogens with zero attached hydrogens (tertiary/aromatic N) is 1. The molecule has 0 bridgehead atoms. The number of benzene rings is 3. The van der Waals surface area contributed by atoms with Gasteiger partial charge in [0.15, 0.2) is 0 Å². The van der Waals surface area contributed by atoms with Crippen molar-refractivity contribution in [3.8, 4) is 0 Å². The first-order chi connectivity index (χ1) is 12.0. The van der Waals surface area contributed by atoms with Gasteiger partial charge in [-0.25, -0.2) is 0 Å². The number of amides is 1. The van der Waals surface area contributed by atoms with E-state index >= 15 is 0 Å². The Bertz CT molecular complexity index is 893. The van der Waals surface area contributed by atoms with Crippen LogP contribution in [0.4, 0.5) is 5.69 Å². The smallest absolute Gasteiger partial charge is 0.246 e. The Morgan fingerprint density at radius 2 is 1.20 bits per heavy atom. The molecule has 0 radical (unpaired) electrons. The average Bonchev–Trinajstić information content (AvgIpc) is 2.86. The third kappa shape index (κ3) is 2.14. The average molecular weight is 327 g/mol. The Hall–Kier alpha value is -2.87. The van der Waals surface area contributed by atoms with Crippen molar-refractivity contribution in [3.63, 3.8) is 0 Å². The molecule has 1 heterocycles. The molecule has 0 fully saturated rings. The van der Waals surface area contributed by atoms with Crippen molar-refractivity contribution < 1.29 is 4.79 Å². The zero-order valence-electron chi connectivity index (χ0n) is 14.8. The Morgan fingerprint density at radius 1 is 0.720 bits per heavy atom. The number of hydrogen-bond acceptors (Lipinski definition) is 1. The van der Waals surface area contributed by atoms with E-state index in [-0.39, 0.29) is 5.91 Å². The minimum absolute atomic E-state index is 0.0985. The lowest BCUT2D eigenvalue weighted by molar-refractivity contribution is -0.120. The van der Waals surface area contributed by atoms with Gasteiger partial charge in [-0.15, -0.1) is 0 Å². The van der Waals surface area contributed by atoms with Crippen molar-refractivity contribution >= 4 is 11.6 Å². The van der Waals surface area contributed by atoms with Gasteiger partial charge in [0.25, 0.3) is 0 Å². The van der Waals surface area contributed by atoms with Gasteiger partial charge < -0.3 is 4.90 Å². The summed E-state index contributed by atoms with van der Waals surface area (Å²) in [4.78, 5) is 15.4. The monoisotopic (exact) mass is 327 g/mol. The standard InChI is InChI=1S/C23H21NO/c1-16-8-12-18(13-9-16)23(19-14-10-17(2)11-15-19)20-6-4-5-7-21(20)24(3)22(23)25/h4-15H,1-3H3. The van der Waals surface area contributed by atoms with E-state index in [4.69, 9.17) is 0 Å². The molecule has 0 spiro atoms. The highest BCUT2D eigenvalue weighted by Gasteiger charge is 2.52. The molecule has 0 saturated heterocycles. The van der Waals surface area contributed by atoms with E-state index in [1.807, 2.05) is 25.2 Å². The van der Waals surface area contributed by atoms with Crippen molar-refractivity contribution in [3.05, 3.63) is 101 Å². The summed E-state index contributed by atoms with van der Waals surface area (Å²) in [7, 11) is 1.87. The van der Waals surface area contributed by atoms with Crippen LogP contribution in [0.5, 0.6) is 0 Å². The second kappa shape index (κ2) is 5.59. The number of para-hydroxylation sites is 1. The topological polar surface area (TPSA) is 20.3 Å². The van der Waals surface area contributed by atoms with Gasteiger partial charge in [0.05, 0.1) is 0 Å². The molecule has 0 aromatic heterocycles. The number of carbonyl (C=O) groups excluding carboxylic acids is 1. The van der Waals surface area contributed by atoms with Crippen LogP contribution in [0, 0.1) is 13.8 Å². The lowest BCUT2D eigenvalue weighted by Crippen LogP contribution is -2.40. The van der Waals surface area contributed by atoms with Gasteiger partial charge in [0, 0.05) is 18.3 Å². The van der Waals surface area contributed by atoms with E-state index in [1.165, 1.54) is 11.1 Å². The summed E-state index contributed by atoms with van der Waals surface area (Å²) in [5.74, 6) is 0.0985. The predicted molar refractivity (Wildman–Crippen MR) is 102 cm³/mol. The van der Waals surface area contributed by atoms with Crippen LogP contribution in [0.25, 0.3) is 0 Å². The molecule has 4 rings (SSSR count). The SMILES string of the molecule is Cc1ccc(C2(c3ccc(C)cc3)C(=O)N(C)c3ccccc32)cc1. The molecule has 0 N–H and O–H groups in total. The van der Waals surface area contributed by atoms with E-state index in [0.717, 1.165) is 22.4 Å². The van der Waals surface area contributed by atoms with E-state index in [9.17, 15) is 4.79 Å². The normalized spacial score (nSPS) is 15.3.